The molecule has 116 valence electrons. The number of aromatic amines is 1. The van der Waals surface area contributed by atoms with Gasteiger partial charge in [0.25, 0.3) is 0 Å². The fourth-order valence-corrected chi connectivity index (χ4v) is 2.16. The summed E-state index contributed by atoms with van der Waals surface area (Å²) >= 11 is 5.69. The third kappa shape index (κ3) is 3.70. The first-order valence-electron chi connectivity index (χ1n) is 6.68. The normalized spacial score (nSPS) is 10.5. The van der Waals surface area contributed by atoms with Crippen LogP contribution in [0.15, 0.2) is 42.7 Å². The van der Waals surface area contributed by atoms with E-state index in [1.165, 1.54) is 18.2 Å². The zero-order valence-corrected chi connectivity index (χ0v) is 12.5. The number of anilines is 1. The average Bonchev–Trinajstić information content (AvgIpc) is 3.00. The summed E-state index contributed by atoms with van der Waals surface area (Å²) in [6.45, 7) is 0. The Kier molecular flexibility index (Phi) is 4.29. The minimum atomic E-state index is -0.520. The van der Waals surface area contributed by atoms with Gasteiger partial charge in [-0.15, -0.1) is 0 Å². The van der Waals surface area contributed by atoms with Crippen molar-refractivity contribution < 1.29 is 9.18 Å². The fraction of sp³-hybridized carbons (Fsp3) is 0.0667. The molecule has 1 amide bonds. The van der Waals surface area contributed by atoms with E-state index in [1.807, 2.05) is 0 Å². The molecule has 1 aromatic carbocycles. The molecule has 0 unspecified atom stereocenters. The Bertz CT molecular complexity index is 837. The van der Waals surface area contributed by atoms with Crippen LogP contribution in [-0.4, -0.2) is 26.1 Å². The van der Waals surface area contributed by atoms with E-state index in [0.717, 1.165) is 5.56 Å². The third-order valence-corrected chi connectivity index (χ3v) is 3.32. The van der Waals surface area contributed by atoms with E-state index in [9.17, 15) is 9.18 Å². The van der Waals surface area contributed by atoms with Crippen LogP contribution in [-0.2, 0) is 11.2 Å². The maximum absolute atomic E-state index is 13.1. The molecule has 0 fully saturated rings. The van der Waals surface area contributed by atoms with E-state index in [1.54, 1.807) is 24.5 Å². The van der Waals surface area contributed by atoms with Gasteiger partial charge in [-0.2, -0.15) is 10.1 Å². The molecule has 0 aliphatic carbocycles. The van der Waals surface area contributed by atoms with Gasteiger partial charge in [-0.05, 0) is 29.8 Å². The Morgan fingerprint density at radius 2 is 2.04 bits per heavy atom. The highest BCUT2D eigenvalue weighted by molar-refractivity contribution is 6.30. The standard InChI is InChI=1S/C15H11ClFN5O/c16-11-7-9(1-2-12(11)17)8-13(23)19-15-20-14(21-22-15)10-3-5-18-6-4-10/h1-7H,8H2,(H2,19,20,21,22,23). The first-order chi connectivity index (χ1) is 11.1. The molecule has 2 aromatic heterocycles. The molecule has 3 aromatic rings. The number of H-pyrrole nitrogens is 1. The van der Waals surface area contributed by atoms with Gasteiger partial charge < -0.3 is 0 Å². The van der Waals surface area contributed by atoms with Gasteiger partial charge in [0.2, 0.25) is 11.9 Å². The molecule has 2 heterocycles. The van der Waals surface area contributed by atoms with Crippen LogP contribution in [0.1, 0.15) is 5.56 Å². The summed E-state index contributed by atoms with van der Waals surface area (Å²) in [5.74, 6) is -0.152. The number of carbonyl (C=O) groups excluding carboxylic acids is 1. The predicted molar refractivity (Wildman–Crippen MR) is 83.4 cm³/mol. The van der Waals surface area contributed by atoms with Gasteiger partial charge in [0.05, 0.1) is 11.4 Å². The van der Waals surface area contributed by atoms with Crippen molar-refractivity contribution in [2.75, 3.05) is 5.32 Å². The lowest BCUT2D eigenvalue weighted by atomic mass is 10.1. The molecule has 0 saturated heterocycles. The molecule has 3 rings (SSSR count). The van der Waals surface area contributed by atoms with Crippen molar-refractivity contribution >= 4 is 23.5 Å². The SMILES string of the molecule is O=C(Cc1ccc(F)c(Cl)c1)Nc1nc(-c2ccncc2)n[nH]1. The van der Waals surface area contributed by atoms with Crippen molar-refractivity contribution in [1.29, 1.82) is 0 Å². The third-order valence-electron chi connectivity index (χ3n) is 3.03. The molecule has 23 heavy (non-hydrogen) atoms. The van der Waals surface area contributed by atoms with E-state index >= 15 is 0 Å². The number of hydrogen-bond donors (Lipinski definition) is 2. The number of pyridine rings is 1. The minimum Gasteiger partial charge on any atom is -0.295 e. The maximum atomic E-state index is 13.1. The molecule has 0 aliphatic heterocycles. The number of rotatable bonds is 4. The molecule has 0 aliphatic rings. The molecule has 0 spiro atoms. The van der Waals surface area contributed by atoms with Crippen molar-refractivity contribution in [3.8, 4) is 11.4 Å². The first-order valence-corrected chi connectivity index (χ1v) is 7.06. The number of nitrogens with one attached hydrogen (secondary N) is 2. The average molecular weight is 332 g/mol. The smallest absolute Gasteiger partial charge is 0.231 e. The lowest BCUT2D eigenvalue weighted by Crippen LogP contribution is -2.15. The summed E-state index contributed by atoms with van der Waals surface area (Å²) in [6, 6.07) is 7.66. The van der Waals surface area contributed by atoms with Crippen LogP contribution < -0.4 is 5.32 Å². The maximum Gasteiger partial charge on any atom is 0.231 e. The van der Waals surface area contributed by atoms with Gasteiger partial charge in [0.1, 0.15) is 5.82 Å². The summed E-state index contributed by atoms with van der Waals surface area (Å²) in [4.78, 5) is 20.1. The number of hydrogen-bond acceptors (Lipinski definition) is 4. The second-order valence-electron chi connectivity index (χ2n) is 4.72. The predicted octanol–water partition coefficient (Wildman–Crippen LogP) is 2.84. The first kappa shape index (κ1) is 15.1. The van der Waals surface area contributed by atoms with Crippen molar-refractivity contribution in [3.63, 3.8) is 0 Å². The van der Waals surface area contributed by atoms with Gasteiger partial charge in [0.15, 0.2) is 5.82 Å². The van der Waals surface area contributed by atoms with Crippen molar-refractivity contribution in [2.24, 2.45) is 0 Å². The van der Waals surface area contributed by atoms with Crippen molar-refractivity contribution in [2.45, 2.75) is 6.42 Å². The molecule has 0 radical (unpaired) electrons. The highest BCUT2D eigenvalue weighted by Crippen LogP contribution is 2.17. The van der Waals surface area contributed by atoms with E-state index in [2.05, 4.69) is 25.5 Å². The molecule has 8 heteroatoms. The summed E-state index contributed by atoms with van der Waals surface area (Å²) in [5.41, 5.74) is 1.38. The van der Waals surface area contributed by atoms with Gasteiger partial charge in [-0.1, -0.05) is 17.7 Å². The number of benzene rings is 1. The molecule has 0 saturated carbocycles. The fourth-order valence-electron chi connectivity index (χ4n) is 1.96. The molecule has 0 atom stereocenters. The van der Waals surface area contributed by atoms with Crippen LogP contribution in [0.2, 0.25) is 5.02 Å². The van der Waals surface area contributed by atoms with Gasteiger partial charge in [-0.25, -0.2) is 9.49 Å². The number of carbonyl (C=O) groups is 1. The zero-order chi connectivity index (χ0) is 16.2. The Morgan fingerprint density at radius 3 is 2.78 bits per heavy atom. The largest absolute Gasteiger partial charge is 0.295 e. The van der Waals surface area contributed by atoms with Crippen LogP contribution in [0, 0.1) is 5.82 Å². The second-order valence-corrected chi connectivity index (χ2v) is 5.12. The summed E-state index contributed by atoms with van der Waals surface area (Å²) < 4.78 is 13.1. The van der Waals surface area contributed by atoms with Crippen molar-refractivity contribution in [3.05, 3.63) is 59.1 Å². The van der Waals surface area contributed by atoms with Crippen LogP contribution in [0.4, 0.5) is 10.3 Å². The Hall–Kier alpha value is -2.80. The highest BCUT2D eigenvalue weighted by Gasteiger charge is 2.10. The van der Waals surface area contributed by atoms with E-state index < -0.39 is 5.82 Å². The Balaban J connectivity index is 1.66. The molecule has 0 bridgehead atoms. The van der Waals surface area contributed by atoms with Gasteiger partial charge in [-0.3, -0.25) is 15.1 Å². The molecular weight excluding hydrogens is 321 g/mol. The topological polar surface area (TPSA) is 83.6 Å². The molecule has 2 N–H and O–H groups in total. The Morgan fingerprint density at radius 1 is 1.26 bits per heavy atom. The van der Waals surface area contributed by atoms with Crippen molar-refractivity contribution in [1.82, 2.24) is 20.2 Å². The lowest BCUT2D eigenvalue weighted by molar-refractivity contribution is -0.115. The van der Waals surface area contributed by atoms with Gasteiger partial charge >= 0.3 is 0 Å². The van der Waals surface area contributed by atoms with E-state index in [4.69, 9.17) is 11.6 Å². The van der Waals surface area contributed by atoms with E-state index in [0.29, 0.717) is 11.4 Å². The number of nitrogens with zero attached hydrogens (tertiary/aromatic N) is 3. The quantitative estimate of drug-likeness (QED) is 0.770. The van der Waals surface area contributed by atoms with Crippen LogP contribution >= 0.6 is 11.6 Å². The summed E-state index contributed by atoms with van der Waals surface area (Å²) in [7, 11) is 0. The van der Waals surface area contributed by atoms with Crippen LogP contribution in [0.25, 0.3) is 11.4 Å². The van der Waals surface area contributed by atoms with E-state index in [-0.39, 0.29) is 23.3 Å². The highest BCUT2D eigenvalue weighted by atomic mass is 35.5. The number of amides is 1. The molecule has 6 nitrogen and oxygen atoms in total. The minimum absolute atomic E-state index is 0.0186. The molecular formula is C15H11ClFN5O. The number of halogens is 2. The number of aromatic nitrogens is 4. The van der Waals surface area contributed by atoms with Crippen LogP contribution in [0.3, 0.4) is 0 Å². The summed E-state index contributed by atoms with van der Waals surface area (Å²) in [6.07, 6.45) is 3.30. The Labute approximate surface area is 135 Å². The monoisotopic (exact) mass is 331 g/mol. The van der Waals surface area contributed by atoms with Crippen LogP contribution in [0.5, 0.6) is 0 Å². The second kappa shape index (κ2) is 6.53. The van der Waals surface area contributed by atoms with Gasteiger partial charge in [0, 0.05) is 18.0 Å². The zero-order valence-electron chi connectivity index (χ0n) is 11.8. The lowest BCUT2D eigenvalue weighted by Gasteiger charge is -2.03. The summed E-state index contributed by atoms with van der Waals surface area (Å²) in [5, 5.41) is 9.24.